The van der Waals surface area contributed by atoms with Crippen molar-refractivity contribution in [3.8, 4) is 0 Å². The second-order valence-electron chi connectivity index (χ2n) is 10.0. The number of carbonyl (C=O) groups excluding carboxylic acids is 2. The number of nitrogens with zero attached hydrogens (tertiary/aromatic N) is 1. The fourth-order valence-electron chi connectivity index (χ4n) is 4.59. The molecule has 7 nitrogen and oxygen atoms in total. The Labute approximate surface area is 185 Å². The Kier molecular flexibility index (Phi) is 5.78. The molecule has 31 heavy (non-hydrogen) atoms. The van der Waals surface area contributed by atoms with E-state index in [0.29, 0.717) is 0 Å². The topological polar surface area (TPSA) is 118 Å². The van der Waals surface area contributed by atoms with Gasteiger partial charge in [0.1, 0.15) is 16.5 Å². The third kappa shape index (κ3) is 4.51. The number of nitro groups is 1. The summed E-state index contributed by atoms with van der Waals surface area (Å²) in [7, 11) is 0. The molecule has 0 atom stereocenters. The van der Waals surface area contributed by atoms with Crippen LogP contribution in [-0.2, 0) is 9.59 Å². The van der Waals surface area contributed by atoms with E-state index in [9.17, 15) is 29.9 Å². The molecule has 0 bridgehead atoms. The zero-order valence-electron chi connectivity index (χ0n) is 18.0. The van der Waals surface area contributed by atoms with Gasteiger partial charge in [-0.15, -0.1) is 0 Å². The summed E-state index contributed by atoms with van der Waals surface area (Å²) < 4.78 is 0. The molecule has 0 amide bonds. The Balaban J connectivity index is 2.29. The molecule has 0 radical (unpaired) electrons. The first-order chi connectivity index (χ1) is 14.2. The van der Waals surface area contributed by atoms with E-state index < -0.39 is 21.7 Å². The highest BCUT2D eigenvalue weighted by atomic mass is 35.5. The number of aliphatic hydroxyl groups is 2. The quantitative estimate of drug-likeness (QED) is 0.449. The number of benzene rings is 1. The van der Waals surface area contributed by atoms with E-state index in [2.05, 4.69) is 0 Å². The molecule has 2 aliphatic carbocycles. The SMILES string of the molecule is CC1(C)CC(=O)C(C(C2=C(O)CC(C)(C)CC2=O)c2ccc(Cl)c([N+](=O)[O-])c2)=C(O)C1. The van der Waals surface area contributed by atoms with E-state index in [1.807, 2.05) is 27.7 Å². The molecule has 2 aliphatic rings. The van der Waals surface area contributed by atoms with E-state index in [-0.39, 0.29) is 76.2 Å². The van der Waals surface area contributed by atoms with Crippen molar-refractivity contribution < 1.29 is 24.7 Å². The van der Waals surface area contributed by atoms with Crippen molar-refractivity contribution in [2.45, 2.75) is 59.3 Å². The van der Waals surface area contributed by atoms with Crippen molar-refractivity contribution in [3.63, 3.8) is 0 Å². The van der Waals surface area contributed by atoms with Crippen LogP contribution in [-0.4, -0.2) is 26.7 Å². The van der Waals surface area contributed by atoms with Crippen molar-refractivity contribution in [2.24, 2.45) is 10.8 Å². The lowest BCUT2D eigenvalue weighted by atomic mass is 9.67. The number of halogens is 1. The zero-order valence-corrected chi connectivity index (χ0v) is 18.7. The second-order valence-corrected chi connectivity index (χ2v) is 10.4. The van der Waals surface area contributed by atoms with Crippen LogP contribution < -0.4 is 0 Å². The number of ketones is 2. The van der Waals surface area contributed by atoms with Crippen LogP contribution in [0.5, 0.6) is 0 Å². The molecule has 1 aromatic rings. The molecule has 0 heterocycles. The van der Waals surface area contributed by atoms with Crippen molar-refractivity contribution in [1.82, 2.24) is 0 Å². The van der Waals surface area contributed by atoms with E-state index in [0.717, 1.165) is 0 Å². The lowest BCUT2D eigenvalue weighted by Gasteiger charge is -2.36. The van der Waals surface area contributed by atoms with Crippen LogP contribution in [0.1, 0.15) is 64.9 Å². The van der Waals surface area contributed by atoms with Gasteiger partial charge < -0.3 is 10.2 Å². The van der Waals surface area contributed by atoms with E-state index >= 15 is 0 Å². The molecular formula is C23H26ClNO6. The second kappa shape index (κ2) is 7.79. The van der Waals surface area contributed by atoms with Gasteiger partial charge in [0.25, 0.3) is 5.69 Å². The highest BCUT2D eigenvalue weighted by Crippen LogP contribution is 2.48. The molecule has 0 aromatic heterocycles. The fraction of sp³-hybridized carbons (Fsp3) is 0.478. The molecule has 3 rings (SSSR count). The molecule has 0 unspecified atom stereocenters. The number of rotatable bonds is 4. The van der Waals surface area contributed by atoms with Crippen molar-refractivity contribution in [2.75, 3.05) is 0 Å². The van der Waals surface area contributed by atoms with Crippen LogP contribution in [0.4, 0.5) is 5.69 Å². The average molecular weight is 448 g/mol. The van der Waals surface area contributed by atoms with Gasteiger partial charge >= 0.3 is 0 Å². The zero-order chi connectivity index (χ0) is 23.3. The number of hydrogen-bond donors (Lipinski definition) is 2. The van der Waals surface area contributed by atoms with Crippen LogP contribution in [0, 0.1) is 20.9 Å². The first kappa shape index (κ1) is 23.0. The minimum atomic E-state index is -1.11. The van der Waals surface area contributed by atoms with Crippen LogP contribution in [0.15, 0.2) is 40.9 Å². The lowest BCUT2D eigenvalue weighted by Crippen LogP contribution is -2.33. The summed E-state index contributed by atoms with van der Waals surface area (Å²) in [6.45, 7) is 7.41. The number of hydrogen-bond acceptors (Lipinski definition) is 6. The summed E-state index contributed by atoms with van der Waals surface area (Å²) in [6, 6.07) is 4.01. The maximum atomic E-state index is 13.1. The summed E-state index contributed by atoms with van der Waals surface area (Å²) in [6.07, 6.45) is 0.723. The number of nitro benzene ring substituents is 1. The van der Waals surface area contributed by atoms with Gasteiger partial charge in [0.15, 0.2) is 11.6 Å². The van der Waals surface area contributed by atoms with Gasteiger partial charge in [-0.05, 0) is 22.5 Å². The van der Waals surface area contributed by atoms with Gasteiger partial charge in [0.2, 0.25) is 0 Å². The third-order valence-electron chi connectivity index (χ3n) is 5.87. The summed E-state index contributed by atoms with van der Waals surface area (Å²) in [5.41, 5.74) is -1.04. The van der Waals surface area contributed by atoms with E-state index in [4.69, 9.17) is 11.6 Å². The lowest BCUT2D eigenvalue weighted by molar-refractivity contribution is -0.384. The van der Waals surface area contributed by atoms with E-state index in [1.54, 1.807) is 0 Å². The summed E-state index contributed by atoms with van der Waals surface area (Å²) >= 11 is 5.96. The monoisotopic (exact) mass is 447 g/mol. The molecule has 8 heteroatoms. The van der Waals surface area contributed by atoms with Gasteiger partial charge in [-0.2, -0.15) is 0 Å². The van der Waals surface area contributed by atoms with Gasteiger partial charge in [-0.3, -0.25) is 19.7 Å². The van der Waals surface area contributed by atoms with Crippen molar-refractivity contribution >= 4 is 28.9 Å². The smallest absolute Gasteiger partial charge is 0.288 e. The fourth-order valence-corrected chi connectivity index (χ4v) is 4.77. The standard InChI is InChI=1S/C23H26ClNO6/c1-22(2)8-15(26)20(16(27)9-22)19(12-5-6-13(24)14(7-12)25(30)31)21-17(28)10-23(3,4)11-18(21)29/h5-7,19,26,28H,8-11H2,1-4H3. The Bertz CT molecular complexity index is 998. The number of aliphatic hydroxyl groups excluding tert-OH is 2. The molecule has 0 spiro atoms. The summed E-state index contributed by atoms with van der Waals surface area (Å²) in [5.74, 6) is -2.14. The van der Waals surface area contributed by atoms with Gasteiger partial charge in [-0.25, -0.2) is 0 Å². The van der Waals surface area contributed by atoms with Gasteiger partial charge in [0, 0.05) is 48.8 Å². The highest BCUT2D eigenvalue weighted by Gasteiger charge is 2.44. The predicted molar refractivity (Wildman–Crippen MR) is 116 cm³/mol. The Hall–Kier alpha value is -2.67. The normalized spacial score (nSPS) is 21.1. The molecule has 1 aromatic carbocycles. The molecule has 0 fully saturated rings. The molecule has 2 N–H and O–H groups in total. The summed E-state index contributed by atoms with van der Waals surface area (Å²) in [4.78, 5) is 37.0. The summed E-state index contributed by atoms with van der Waals surface area (Å²) in [5, 5.41) is 33.0. The Morgan fingerprint density at radius 2 is 1.39 bits per heavy atom. The maximum Gasteiger partial charge on any atom is 0.288 e. The number of Topliss-reactive ketones (excluding diaryl/α,β-unsaturated/α-hetero) is 2. The predicted octanol–water partition coefficient (Wildman–Crippen LogP) is 5.73. The van der Waals surface area contributed by atoms with Crippen LogP contribution in [0.2, 0.25) is 5.02 Å². The average Bonchev–Trinajstić information content (AvgIpc) is 2.57. The minimum absolute atomic E-state index is 0.00514. The molecule has 166 valence electrons. The minimum Gasteiger partial charge on any atom is -0.512 e. The Morgan fingerprint density at radius 3 is 1.77 bits per heavy atom. The largest absolute Gasteiger partial charge is 0.512 e. The van der Waals surface area contributed by atoms with Crippen LogP contribution >= 0.6 is 11.6 Å². The van der Waals surface area contributed by atoms with Crippen LogP contribution in [0.25, 0.3) is 0 Å². The van der Waals surface area contributed by atoms with Gasteiger partial charge in [-0.1, -0.05) is 45.4 Å². The van der Waals surface area contributed by atoms with Crippen molar-refractivity contribution in [1.29, 1.82) is 0 Å². The first-order valence-electron chi connectivity index (χ1n) is 10.1. The van der Waals surface area contributed by atoms with E-state index in [1.165, 1.54) is 18.2 Å². The number of carbonyl (C=O) groups is 2. The third-order valence-corrected chi connectivity index (χ3v) is 6.19. The molecule has 0 aliphatic heterocycles. The number of allylic oxidation sites excluding steroid dienone is 4. The Morgan fingerprint density at radius 1 is 0.935 bits per heavy atom. The molecule has 0 saturated carbocycles. The van der Waals surface area contributed by atoms with Gasteiger partial charge in [0.05, 0.1) is 4.92 Å². The van der Waals surface area contributed by atoms with Crippen LogP contribution in [0.3, 0.4) is 0 Å². The first-order valence-corrected chi connectivity index (χ1v) is 10.4. The molecular weight excluding hydrogens is 422 g/mol. The van der Waals surface area contributed by atoms with Crippen molar-refractivity contribution in [3.05, 3.63) is 61.6 Å². The maximum absolute atomic E-state index is 13.1. The molecule has 0 saturated heterocycles. The highest BCUT2D eigenvalue weighted by molar-refractivity contribution is 6.32.